The lowest BCUT2D eigenvalue weighted by molar-refractivity contribution is -0.198. The van der Waals surface area contributed by atoms with E-state index in [2.05, 4.69) is 48.5 Å². The summed E-state index contributed by atoms with van der Waals surface area (Å²) in [5.41, 5.74) is 0. The molecule has 0 aromatic rings. The molecule has 1 heterocycles. The first-order valence-electron chi connectivity index (χ1n) is 26.1. The summed E-state index contributed by atoms with van der Waals surface area (Å²) in [6, 6.07) is 0. The van der Waals surface area contributed by atoms with Crippen LogP contribution >= 0.6 is 0 Å². The van der Waals surface area contributed by atoms with Crippen molar-refractivity contribution < 1.29 is 42.9 Å². The van der Waals surface area contributed by atoms with Gasteiger partial charge in [0.2, 0.25) is 0 Å². The summed E-state index contributed by atoms with van der Waals surface area (Å²) in [5, 5.41) is 3.87. The van der Waals surface area contributed by atoms with Crippen LogP contribution in [0.3, 0.4) is 0 Å². The Morgan fingerprint density at radius 2 is 1.06 bits per heavy atom. The van der Waals surface area contributed by atoms with Gasteiger partial charge in [-0.1, -0.05) is 141 Å². The van der Waals surface area contributed by atoms with Crippen molar-refractivity contribution >= 4 is 24.2 Å². The number of amides is 2. The monoisotopic (exact) mass is 906 g/mol. The van der Waals surface area contributed by atoms with Gasteiger partial charge in [0, 0.05) is 39.2 Å². The number of allylic oxidation sites excluding steroid dienone is 4. The lowest BCUT2D eigenvalue weighted by atomic mass is 10.1. The molecule has 0 aliphatic carbocycles. The first-order valence-corrected chi connectivity index (χ1v) is 26.1. The van der Waals surface area contributed by atoms with Crippen LogP contribution in [0.4, 0.5) is 0 Å². The molecule has 1 unspecified atom stereocenters. The predicted molar refractivity (Wildman–Crippen MR) is 260 cm³/mol. The Morgan fingerprint density at radius 3 is 1.62 bits per heavy atom. The number of nitrogens with one attached hydrogen (secondary N) is 1. The molecule has 0 aromatic heterocycles. The molecule has 1 saturated heterocycles. The van der Waals surface area contributed by atoms with E-state index in [1.165, 1.54) is 154 Å². The number of unbranched alkanes of at least 4 members (excludes halogenated alkanes) is 22. The fourth-order valence-corrected chi connectivity index (χ4v) is 7.15. The largest absolute Gasteiger partial charge is 0.483 e. The Balaban J connectivity index is 2.11. The zero-order valence-corrected chi connectivity index (χ0v) is 41.0. The highest BCUT2D eigenvalue weighted by molar-refractivity contribution is 6.01. The number of hydrogen-bond acceptors (Lipinski definition) is 11. The summed E-state index contributed by atoms with van der Waals surface area (Å²) >= 11 is 0. The van der Waals surface area contributed by atoms with Crippen molar-refractivity contribution in [2.24, 2.45) is 4.99 Å². The van der Waals surface area contributed by atoms with Gasteiger partial charge in [-0.25, -0.2) is 4.79 Å². The average Bonchev–Trinajstić information content (AvgIpc) is 3.61. The molecule has 372 valence electrons. The zero-order valence-electron chi connectivity index (χ0n) is 41.0. The third kappa shape index (κ3) is 40.8. The molecule has 1 aliphatic rings. The highest BCUT2D eigenvalue weighted by Gasteiger charge is 2.32. The standard InChI is InChI=1S/C52H95N3O9/c1-3-5-7-9-11-13-15-17-19-21-23-25-27-29-31-40-61-47-53-38-33-42-59-45-49(46-60-44-37-52(58)64-55-50(56)35-36-51(55)57)63-43-34-39-54-48-62-41-32-30-28-26-24-22-20-18-16-14-12-10-8-6-4-2/h17-20,47,49,54H,3-16,21-46,48H2,1-2H3/b19-17+,20-18+,53-47?. The molecule has 0 saturated carbocycles. The van der Waals surface area contributed by atoms with E-state index < -0.39 is 17.8 Å². The van der Waals surface area contributed by atoms with E-state index in [-0.39, 0.29) is 38.6 Å². The summed E-state index contributed by atoms with van der Waals surface area (Å²) in [7, 11) is 0. The molecule has 12 nitrogen and oxygen atoms in total. The molecule has 64 heavy (non-hydrogen) atoms. The fourth-order valence-electron chi connectivity index (χ4n) is 7.15. The minimum Gasteiger partial charge on any atom is -0.483 e. The minimum atomic E-state index is -0.694. The molecule has 1 fully saturated rings. The number of ether oxygens (including phenoxy) is 5. The fraction of sp³-hybridized carbons (Fsp3) is 0.846. The Bertz CT molecular complexity index is 1140. The van der Waals surface area contributed by atoms with Crippen LogP contribution < -0.4 is 5.32 Å². The molecule has 0 spiro atoms. The van der Waals surface area contributed by atoms with E-state index in [1.807, 2.05) is 0 Å². The molecule has 1 N–H and O–H groups in total. The van der Waals surface area contributed by atoms with Gasteiger partial charge in [-0.3, -0.25) is 19.9 Å². The smallest absolute Gasteiger partial charge is 0.335 e. The van der Waals surface area contributed by atoms with Gasteiger partial charge < -0.3 is 28.5 Å². The molecule has 0 aromatic carbocycles. The number of carbonyl (C=O) groups is 3. The lowest BCUT2D eigenvalue weighted by Gasteiger charge is -2.18. The number of imide groups is 1. The van der Waals surface area contributed by atoms with E-state index in [0.29, 0.717) is 44.8 Å². The van der Waals surface area contributed by atoms with Crippen LogP contribution in [0.15, 0.2) is 29.3 Å². The highest BCUT2D eigenvalue weighted by Crippen LogP contribution is 2.14. The predicted octanol–water partition coefficient (Wildman–Crippen LogP) is 12.1. The third-order valence-electron chi connectivity index (χ3n) is 11.1. The van der Waals surface area contributed by atoms with Gasteiger partial charge in [0.25, 0.3) is 11.8 Å². The van der Waals surface area contributed by atoms with Crippen molar-refractivity contribution in [3.63, 3.8) is 0 Å². The van der Waals surface area contributed by atoms with E-state index in [0.717, 1.165) is 38.8 Å². The van der Waals surface area contributed by atoms with Gasteiger partial charge in [-0.05, 0) is 83.6 Å². The van der Waals surface area contributed by atoms with Crippen molar-refractivity contribution in [2.45, 2.75) is 219 Å². The normalized spacial score (nSPS) is 13.8. The molecule has 1 aliphatic heterocycles. The molecule has 1 atom stereocenters. The summed E-state index contributed by atoms with van der Waals surface area (Å²) in [4.78, 5) is 44.9. The molecule has 2 amide bonds. The van der Waals surface area contributed by atoms with Crippen LogP contribution in [0.25, 0.3) is 0 Å². The average molecular weight is 906 g/mol. The first-order chi connectivity index (χ1) is 31.6. The lowest BCUT2D eigenvalue weighted by Crippen LogP contribution is -2.32. The molecule has 1 rings (SSSR count). The zero-order chi connectivity index (χ0) is 46.1. The maximum absolute atomic E-state index is 12.2. The maximum Gasteiger partial charge on any atom is 0.335 e. The van der Waals surface area contributed by atoms with Crippen LogP contribution in [-0.2, 0) is 42.9 Å². The topological polar surface area (TPSA) is 134 Å². The van der Waals surface area contributed by atoms with Crippen LogP contribution in [0.2, 0.25) is 0 Å². The van der Waals surface area contributed by atoms with Crippen molar-refractivity contribution in [1.82, 2.24) is 10.4 Å². The maximum atomic E-state index is 12.2. The minimum absolute atomic E-state index is 0.0560. The van der Waals surface area contributed by atoms with E-state index in [4.69, 9.17) is 28.5 Å². The molecule has 0 bridgehead atoms. The summed E-state index contributed by atoms with van der Waals surface area (Å²) in [5.74, 6) is -1.70. The third-order valence-corrected chi connectivity index (χ3v) is 11.1. The second-order valence-electron chi connectivity index (χ2n) is 17.2. The van der Waals surface area contributed by atoms with Crippen molar-refractivity contribution in [3.8, 4) is 0 Å². The highest BCUT2D eigenvalue weighted by atomic mass is 16.7. The molecular weight excluding hydrogens is 811 g/mol. The number of aliphatic imine (C=N–C) groups is 1. The van der Waals surface area contributed by atoms with E-state index >= 15 is 0 Å². The Labute approximate surface area is 390 Å². The molecule has 0 radical (unpaired) electrons. The Kier molecular flexibility index (Phi) is 44.8. The van der Waals surface area contributed by atoms with Crippen molar-refractivity contribution in [3.05, 3.63) is 24.3 Å². The number of nitrogens with zero attached hydrogens (tertiary/aromatic N) is 2. The van der Waals surface area contributed by atoms with Gasteiger partial charge in [0.05, 0.1) is 39.6 Å². The second kappa shape index (κ2) is 48.3. The van der Waals surface area contributed by atoms with E-state index in [1.54, 1.807) is 6.40 Å². The number of carbonyl (C=O) groups excluding carboxylic acids is 3. The van der Waals surface area contributed by atoms with Gasteiger partial charge in [0.1, 0.15) is 6.10 Å². The SMILES string of the molecule is CCCCCCCC/C=C/CCCCCCCOC=NCCCOCC(COCCC(=O)ON1C(=O)CCC1=O)OCCCNCOCCCCCCC/C=C/CCCCCCCC. The Hall–Kier alpha value is -2.64. The summed E-state index contributed by atoms with van der Waals surface area (Å²) < 4.78 is 29.0. The van der Waals surface area contributed by atoms with Gasteiger partial charge in [-0.15, -0.1) is 5.06 Å². The van der Waals surface area contributed by atoms with Gasteiger partial charge >= 0.3 is 5.97 Å². The summed E-state index contributed by atoms with van der Waals surface area (Å²) in [6.45, 7) is 9.56. The van der Waals surface area contributed by atoms with Crippen molar-refractivity contribution in [2.75, 3.05) is 66.1 Å². The molecular formula is C52H95N3O9. The van der Waals surface area contributed by atoms with E-state index in [9.17, 15) is 14.4 Å². The number of rotatable bonds is 50. The van der Waals surface area contributed by atoms with Gasteiger partial charge in [-0.2, -0.15) is 0 Å². The number of hydroxylamine groups is 2. The molecule has 12 heteroatoms. The summed E-state index contributed by atoms with van der Waals surface area (Å²) in [6.07, 6.45) is 45.7. The quantitative estimate of drug-likeness (QED) is 0.0157. The van der Waals surface area contributed by atoms with Crippen LogP contribution in [0.5, 0.6) is 0 Å². The number of hydrogen-bond donors (Lipinski definition) is 1. The Morgan fingerprint density at radius 1 is 0.578 bits per heavy atom. The van der Waals surface area contributed by atoms with Crippen molar-refractivity contribution in [1.29, 1.82) is 0 Å². The first kappa shape index (κ1) is 59.4. The second-order valence-corrected chi connectivity index (χ2v) is 17.2. The van der Waals surface area contributed by atoms with Crippen LogP contribution in [-0.4, -0.2) is 101 Å². The van der Waals surface area contributed by atoms with Gasteiger partial charge in [0.15, 0.2) is 6.40 Å². The van der Waals surface area contributed by atoms with Crippen LogP contribution in [0.1, 0.15) is 213 Å². The van der Waals surface area contributed by atoms with Crippen LogP contribution in [0, 0.1) is 0 Å².